The number of carbonyl (C=O) groups excluding carboxylic acids is 1. The van der Waals surface area contributed by atoms with Gasteiger partial charge in [0.25, 0.3) is 0 Å². The number of rotatable bonds is 5. The van der Waals surface area contributed by atoms with E-state index in [0.717, 1.165) is 11.5 Å². The number of alkyl carbamates (subject to hydrolysis) is 1. The summed E-state index contributed by atoms with van der Waals surface area (Å²) >= 11 is 0. The highest BCUT2D eigenvalue weighted by atomic mass is 16.5. The van der Waals surface area contributed by atoms with Crippen LogP contribution in [0.1, 0.15) is 5.56 Å². The SMILES string of the molecule is O=C(NC/C=C/B(O)O)OCc1ccccc1. The number of hydrogen-bond donors (Lipinski definition) is 3. The number of benzene rings is 1. The molecule has 5 nitrogen and oxygen atoms in total. The molecule has 0 heterocycles. The van der Waals surface area contributed by atoms with Crippen LogP contribution in [0.25, 0.3) is 0 Å². The van der Waals surface area contributed by atoms with E-state index in [1.54, 1.807) is 0 Å². The lowest BCUT2D eigenvalue weighted by Gasteiger charge is -2.05. The van der Waals surface area contributed by atoms with E-state index in [1.165, 1.54) is 6.08 Å². The summed E-state index contributed by atoms with van der Waals surface area (Å²) in [6, 6.07) is 9.32. The lowest BCUT2D eigenvalue weighted by Crippen LogP contribution is -2.24. The van der Waals surface area contributed by atoms with Crippen LogP contribution in [0.15, 0.2) is 42.4 Å². The zero-order valence-corrected chi connectivity index (χ0v) is 9.24. The average Bonchev–Trinajstić information content (AvgIpc) is 2.33. The maximum absolute atomic E-state index is 11.2. The Bertz CT molecular complexity index is 367. The maximum atomic E-state index is 11.2. The van der Waals surface area contributed by atoms with Crippen LogP contribution in [0.3, 0.4) is 0 Å². The Labute approximate surface area is 99.9 Å². The molecule has 0 aliphatic rings. The highest BCUT2D eigenvalue weighted by molar-refractivity contribution is 6.47. The number of amides is 1. The predicted molar refractivity (Wildman–Crippen MR) is 64.0 cm³/mol. The molecule has 0 saturated carbocycles. The summed E-state index contributed by atoms with van der Waals surface area (Å²) in [5.41, 5.74) is 0.906. The zero-order valence-electron chi connectivity index (χ0n) is 9.24. The van der Waals surface area contributed by atoms with Crippen molar-refractivity contribution in [3.63, 3.8) is 0 Å². The Hall–Kier alpha value is -1.79. The zero-order chi connectivity index (χ0) is 12.5. The van der Waals surface area contributed by atoms with Gasteiger partial charge in [0, 0.05) is 6.54 Å². The molecular formula is C11H14BNO4. The summed E-state index contributed by atoms with van der Waals surface area (Å²) in [5.74, 6) is 1.15. The second kappa shape index (κ2) is 7.48. The highest BCUT2D eigenvalue weighted by Gasteiger charge is 2.01. The molecule has 0 unspecified atom stereocenters. The third kappa shape index (κ3) is 6.39. The Morgan fingerprint density at radius 1 is 1.35 bits per heavy atom. The van der Waals surface area contributed by atoms with E-state index in [0.29, 0.717) is 0 Å². The van der Waals surface area contributed by atoms with E-state index in [-0.39, 0.29) is 13.2 Å². The van der Waals surface area contributed by atoms with Crippen molar-refractivity contribution in [2.75, 3.05) is 6.54 Å². The Kier molecular flexibility index (Phi) is 5.85. The number of carbonyl (C=O) groups is 1. The molecule has 1 rings (SSSR count). The summed E-state index contributed by atoms with van der Waals surface area (Å²) in [6.45, 7) is 0.393. The summed E-state index contributed by atoms with van der Waals surface area (Å²) in [6.07, 6.45) is 0.875. The van der Waals surface area contributed by atoms with Gasteiger partial charge in [0.15, 0.2) is 0 Å². The average molecular weight is 235 g/mol. The first kappa shape index (κ1) is 13.3. The summed E-state index contributed by atoms with van der Waals surface area (Å²) < 4.78 is 4.93. The van der Waals surface area contributed by atoms with E-state index < -0.39 is 13.2 Å². The first-order chi connectivity index (χ1) is 8.18. The van der Waals surface area contributed by atoms with Gasteiger partial charge in [-0.15, -0.1) is 0 Å². The topological polar surface area (TPSA) is 78.8 Å². The molecule has 0 aliphatic heterocycles. The van der Waals surface area contributed by atoms with Gasteiger partial charge in [0.2, 0.25) is 0 Å². The highest BCUT2D eigenvalue weighted by Crippen LogP contribution is 2.00. The number of nitrogens with one attached hydrogen (secondary N) is 1. The molecule has 0 bridgehead atoms. The van der Waals surface area contributed by atoms with E-state index in [2.05, 4.69) is 5.32 Å². The molecule has 0 radical (unpaired) electrons. The van der Waals surface area contributed by atoms with Crippen LogP contribution >= 0.6 is 0 Å². The largest absolute Gasteiger partial charge is 0.480 e. The normalized spacial score (nSPS) is 10.2. The van der Waals surface area contributed by atoms with Gasteiger partial charge in [-0.3, -0.25) is 0 Å². The molecule has 0 saturated heterocycles. The molecule has 17 heavy (non-hydrogen) atoms. The number of ether oxygens (including phenoxy) is 1. The van der Waals surface area contributed by atoms with Crippen LogP contribution in [-0.2, 0) is 11.3 Å². The smallest absolute Gasteiger partial charge is 0.445 e. The quantitative estimate of drug-likeness (QED) is 0.648. The van der Waals surface area contributed by atoms with Crippen molar-refractivity contribution in [3.05, 3.63) is 47.9 Å². The summed E-state index contributed by atoms with van der Waals surface area (Å²) in [5, 5.41) is 19.4. The van der Waals surface area contributed by atoms with Crippen molar-refractivity contribution in [2.24, 2.45) is 0 Å². The van der Waals surface area contributed by atoms with Gasteiger partial charge >= 0.3 is 13.2 Å². The molecule has 1 amide bonds. The molecule has 0 fully saturated rings. The monoisotopic (exact) mass is 235 g/mol. The van der Waals surface area contributed by atoms with Crippen molar-refractivity contribution in [2.45, 2.75) is 6.61 Å². The van der Waals surface area contributed by atoms with Crippen LogP contribution in [-0.4, -0.2) is 29.8 Å². The molecule has 1 aromatic rings. The van der Waals surface area contributed by atoms with Crippen LogP contribution in [0.2, 0.25) is 0 Å². The van der Waals surface area contributed by atoms with Crippen LogP contribution in [0.5, 0.6) is 0 Å². The van der Waals surface area contributed by atoms with Crippen molar-refractivity contribution in [3.8, 4) is 0 Å². The molecule has 90 valence electrons. The fourth-order valence-electron chi connectivity index (χ4n) is 1.11. The lowest BCUT2D eigenvalue weighted by molar-refractivity contribution is 0.140. The van der Waals surface area contributed by atoms with Crippen LogP contribution in [0, 0.1) is 0 Å². The minimum atomic E-state index is -1.50. The van der Waals surface area contributed by atoms with Crippen LogP contribution in [0.4, 0.5) is 4.79 Å². The van der Waals surface area contributed by atoms with Gasteiger partial charge in [-0.2, -0.15) is 0 Å². The Balaban J connectivity index is 2.18. The fourth-order valence-corrected chi connectivity index (χ4v) is 1.11. The molecular weight excluding hydrogens is 221 g/mol. The van der Waals surface area contributed by atoms with E-state index in [1.807, 2.05) is 30.3 Å². The molecule has 3 N–H and O–H groups in total. The summed E-state index contributed by atoms with van der Waals surface area (Å²) in [7, 11) is -1.50. The third-order valence-electron chi connectivity index (χ3n) is 1.89. The van der Waals surface area contributed by atoms with E-state index >= 15 is 0 Å². The van der Waals surface area contributed by atoms with Gasteiger partial charge in [-0.05, 0) is 5.56 Å². The lowest BCUT2D eigenvalue weighted by atomic mass is 9.92. The van der Waals surface area contributed by atoms with Gasteiger partial charge in [0.1, 0.15) is 6.61 Å². The van der Waals surface area contributed by atoms with E-state index in [4.69, 9.17) is 14.8 Å². The van der Waals surface area contributed by atoms with Crippen LogP contribution < -0.4 is 5.32 Å². The first-order valence-electron chi connectivity index (χ1n) is 5.16. The standard InChI is InChI=1S/C11H14BNO4/c14-11(13-8-4-7-12(15)16)17-9-10-5-2-1-3-6-10/h1-7,15-16H,8-9H2,(H,13,14)/b7-4+. The van der Waals surface area contributed by atoms with Crippen molar-refractivity contribution >= 4 is 13.2 Å². The molecule has 0 aliphatic carbocycles. The fraction of sp³-hybridized carbons (Fsp3) is 0.182. The Morgan fingerprint density at radius 3 is 2.71 bits per heavy atom. The minimum absolute atomic E-state index is 0.186. The summed E-state index contributed by atoms with van der Waals surface area (Å²) in [4.78, 5) is 11.2. The molecule has 0 atom stereocenters. The van der Waals surface area contributed by atoms with Gasteiger partial charge < -0.3 is 20.1 Å². The molecule has 1 aromatic carbocycles. The molecule has 0 spiro atoms. The van der Waals surface area contributed by atoms with Gasteiger partial charge in [-0.25, -0.2) is 4.79 Å². The first-order valence-corrected chi connectivity index (χ1v) is 5.16. The van der Waals surface area contributed by atoms with Gasteiger partial charge in [0.05, 0.1) is 0 Å². The predicted octanol–water partition coefficient (Wildman–Crippen LogP) is 0.481. The molecule has 6 heteroatoms. The van der Waals surface area contributed by atoms with E-state index in [9.17, 15) is 4.79 Å². The Morgan fingerprint density at radius 2 is 2.06 bits per heavy atom. The van der Waals surface area contributed by atoms with Crippen molar-refractivity contribution in [1.29, 1.82) is 0 Å². The van der Waals surface area contributed by atoms with Crippen molar-refractivity contribution < 1.29 is 19.6 Å². The molecule has 0 aromatic heterocycles. The minimum Gasteiger partial charge on any atom is -0.445 e. The van der Waals surface area contributed by atoms with Crippen molar-refractivity contribution in [1.82, 2.24) is 5.32 Å². The maximum Gasteiger partial charge on any atom is 0.480 e. The second-order valence-corrected chi connectivity index (χ2v) is 3.28. The number of hydrogen-bond acceptors (Lipinski definition) is 4. The van der Waals surface area contributed by atoms with Gasteiger partial charge in [-0.1, -0.05) is 42.4 Å². The third-order valence-corrected chi connectivity index (χ3v) is 1.89. The second-order valence-electron chi connectivity index (χ2n) is 3.28.